The summed E-state index contributed by atoms with van der Waals surface area (Å²) in [5, 5.41) is 0.450. The van der Waals surface area contributed by atoms with Gasteiger partial charge in [-0.1, -0.05) is 19.8 Å². The van der Waals surface area contributed by atoms with Crippen molar-refractivity contribution in [2.75, 3.05) is 5.75 Å². The van der Waals surface area contributed by atoms with Gasteiger partial charge in [-0.25, -0.2) is 14.4 Å². The largest absolute Gasteiger partial charge is 0.223 e. The van der Waals surface area contributed by atoms with Crippen LogP contribution >= 0.6 is 23.4 Å². The summed E-state index contributed by atoms with van der Waals surface area (Å²) < 4.78 is 13.1. The Kier molecular flexibility index (Phi) is 5.19. The summed E-state index contributed by atoms with van der Waals surface area (Å²) in [7, 11) is 0. The van der Waals surface area contributed by atoms with Gasteiger partial charge in [0.2, 0.25) is 5.28 Å². The normalized spacial score (nSPS) is 10.5. The van der Waals surface area contributed by atoms with Crippen LogP contribution in [0.1, 0.15) is 26.2 Å². The number of thioether (sulfide) groups is 1. The van der Waals surface area contributed by atoms with Crippen molar-refractivity contribution in [3.63, 3.8) is 0 Å². The number of halogens is 2. The Morgan fingerprint density at radius 3 is 3.00 bits per heavy atom. The molecule has 0 bridgehead atoms. The Balaban J connectivity index is 2.45. The van der Waals surface area contributed by atoms with Crippen LogP contribution in [0.4, 0.5) is 4.39 Å². The monoisotopic (exact) mass is 234 g/mol. The van der Waals surface area contributed by atoms with Crippen LogP contribution in [0.25, 0.3) is 0 Å². The van der Waals surface area contributed by atoms with Crippen molar-refractivity contribution < 1.29 is 4.39 Å². The first-order chi connectivity index (χ1) is 6.74. The predicted molar refractivity (Wildman–Crippen MR) is 57.2 cm³/mol. The maximum absolute atomic E-state index is 13.1. The van der Waals surface area contributed by atoms with Crippen LogP contribution in [0.2, 0.25) is 5.28 Å². The highest BCUT2D eigenvalue weighted by molar-refractivity contribution is 7.99. The van der Waals surface area contributed by atoms with E-state index in [4.69, 9.17) is 11.6 Å². The molecule has 0 atom stereocenters. The van der Waals surface area contributed by atoms with Gasteiger partial charge in [-0.2, -0.15) is 0 Å². The van der Waals surface area contributed by atoms with E-state index < -0.39 is 5.82 Å². The third kappa shape index (κ3) is 3.80. The molecule has 1 rings (SSSR count). The summed E-state index contributed by atoms with van der Waals surface area (Å²) >= 11 is 6.95. The molecule has 0 radical (unpaired) electrons. The summed E-state index contributed by atoms with van der Waals surface area (Å²) in [5.74, 6) is 0.480. The van der Waals surface area contributed by atoms with Crippen molar-refractivity contribution in [3.05, 3.63) is 17.3 Å². The first-order valence-electron chi connectivity index (χ1n) is 4.55. The maximum Gasteiger partial charge on any atom is 0.223 e. The number of rotatable bonds is 5. The van der Waals surface area contributed by atoms with Gasteiger partial charge in [-0.3, -0.25) is 0 Å². The minimum absolute atomic E-state index is 0.101. The average molecular weight is 235 g/mol. The summed E-state index contributed by atoms with van der Waals surface area (Å²) in [6.45, 7) is 2.13. The van der Waals surface area contributed by atoms with Crippen molar-refractivity contribution in [1.29, 1.82) is 0 Å². The molecule has 2 nitrogen and oxygen atoms in total. The van der Waals surface area contributed by atoms with Crippen LogP contribution in [0.15, 0.2) is 11.2 Å². The van der Waals surface area contributed by atoms with Crippen LogP contribution in [0, 0.1) is 5.82 Å². The minimum Gasteiger partial charge on any atom is -0.223 e. The van der Waals surface area contributed by atoms with Gasteiger partial charge in [0.05, 0.1) is 6.20 Å². The number of nitrogens with zero attached hydrogens (tertiary/aromatic N) is 2. The fourth-order valence-corrected chi connectivity index (χ4v) is 2.02. The van der Waals surface area contributed by atoms with Crippen LogP contribution in [0.5, 0.6) is 0 Å². The Hall–Kier alpha value is -0.350. The molecule has 0 N–H and O–H groups in total. The lowest BCUT2D eigenvalue weighted by molar-refractivity contribution is 0.578. The van der Waals surface area contributed by atoms with Crippen LogP contribution in [0.3, 0.4) is 0 Å². The second-order valence-electron chi connectivity index (χ2n) is 2.85. The van der Waals surface area contributed by atoms with Crippen molar-refractivity contribution in [2.24, 2.45) is 0 Å². The van der Waals surface area contributed by atoms with Gasteiger partial charge >= 0.3 is 0 Å². The molecule has 0 aliphatic rings. The topological polar surface area (TPSA) is 25.8 Å². The van der Waals surface area contributed by atoms with Gasteiger partial charge < -0.3 is 0 Å². The Morgan fingerprint density at radius 1 is 1.50 bits per heavy atom. The molecule has 0 fully saturated rings. The summed E-state index contributed by atoms with van der Waals surface area (Å²) in [6.07, 6.45) is 4.50. The molecule has 0 saturated carbocycles. The first-order valence-corrected chi connectivity index (χ1v) is 5.91. The third-order valence-corrected chi connectivity index (χ3v) is 2.90. The second kappa shape index (κ2) is 6.19. The van der Waals surface area contributed by atoms with Crippen molar-refractivity contribution >= 4 is 23.4 Å². The van der Waals surface area contributed by atoms with Gasteiger partial charge in [0.1, 0.15) is 5.03 Å². The van der Waals surface area contributed by atoms with Crippen molar-refractivity contribution in [1.82, 2.24) is 9.97 Å². The highest BCUT2D eigenvalue weighted by atomic mass is 35.5. The molecule has 0 amide bonds. The number of hydrogen-bond donors (Lipinski definition) is 0. The highest BCUT2D eigenvalue weighted by Gasteiger charge is 2.05. The Morgan fingerprint density at radius 2 is 2.29 bits per heavy atom. The van der Waals surface area contributed by atoms with E-state index in [0.717, 1.165) is 31.2 Å². The summed E-state index contributed by atoms with van der Waals surface area (Å²) in [6, 6.07) is 0. The van der Waals surface area contributed by atoms with Crippen LogP contribution < -0.4 is 0 Å². The van der Waals surface area contributed by atoms with E-state index in [2.05, 4.69) is 16.9 Å². The molecule has 0 aliphatic carbocycles. The quantitative estimate of drug-likeness (QED) is 0.337. The molecule has 0 aromatic carbocycles. The molecule has 0 unspecified atom stereocenters. The van der Waals surface area contributed by atoms with Gasteiger partial charge in [0.25, 0.3) is 0 Å². The maximum atomic E-state index is 13.1. The summed E-state index contributed by atoms with van der Waals surface area (Å²) in [4.78, 5) is 7.36. The van der Waals surface area contributed by atoms with Crippen LogP contribution in [-0.2, 0) is 0 Å². The molecular weight excluding hydrogens is 223 g/mol. The summed E-state index contributed by atoms with van der Waals surface area (Å²) in [5.41, 5.74) is 0. The van der Waals surface area contributed by atoms with E-state index in [-0.39, 0.29) is 5.28 Å². The molecule has 0 aliphatic heterocycles. The van der Waals surface area contributed by atoms with E-state index in [1.807, 2.05) is 0 Å². The number of hydrogen-bond acceptors (Lipinski definition) is 3. The van der Waals surface area contributed by atoms with Crippen LogP contribution in [-0.4, -0.2) is 15.7 Å². The minimum atomic E-state index is -0.393. The lowest BCUT2D eigenvalue weighted by Gasteiger charge is -2.01. The zero-order valence-electron chi connectivity index (χ0n) is 7.96. The fourth-order valence-electron chi connectivity index (χ4n) is 0.953. The van der Waals surface area contributed by atoms with E-state index >= 15 is 0 Å². The molecule has 0 saturated heterocycles. The Labute approximate surface area is 92.3 Å². The van der Waals surface area contributed by atoms with E-state index in [1.54, 1.807) is 0 Å². The molecule has 1 heterocycles. The molecule has 1 aromatic rings. The second-order valence-corrected chi connectivity index (χ2v) is 4.27. The molecular formula is C9H12ClFN2S. The van der Waals surface area contributed by atoms with Gasteiger partial charge in [-0.05, 0) is 23.8 Å². The van der Waals surface area contributed by atoms with Gasteiger partial charge in [0, 0.05) is 0 Å². The molecule has 5 heteroatoms. The Bertz CT molecular complexity index is 296. The smallest absolute Gasteiger partial charge is 0.223 e. The average Bonchev–Trinajstić information content (AvgIpc) is 2.18. The first kappa shape index (κ1) is 11.7. The predicted octanol–water partition coefficient (Wildman–Crippen LogP) is 3.55. The molecule has 14 heavy (non-hydrogen) atoms. The molecule has 0 spiro atoms. The fraction of sp³-hybridized carbons (Fsp3) is 0.556. The van der Waals surface area contributed by atoms with Gasteiger partial charge in [0.15, 0.2) is 5.82 Å². The van der Waals surface area contributed by atoms with Gasteiger partial charge in [-0.15, -0.1) is 11.8 Å². The van der Waals surface area contributed by atoms with Crippen molar-refractivity contribution in [3.8, 4) is 0 Å². The van der Waals surface area contributed by atoms with E-state index in [0.29, 0.717) is 5.03 Å². The zero-order chi connectivity index (χ0) is 10.4. The number of aromatic nitrogens is 2. The van der Waals surface area contributed by atoms with Crippen molar-refractivity contribution in [2.45, 2.75) is 31.2 Å². The van der Waals surface area contributed by atoms with E-state index in [1.165, 1.54) is 11.8 Å². The molecule has 78 valence electrons. The lowest BCUT2D eigenvalue weighted by atomic mass is 10.3. The highest BCUT2D eigenvalue weighted by Crippen LogP contribution is 2.21. The molecule has 1 aromatic heterocycles. The third-order valence-electron chi connectivity index (χ3n) is 1.67. The lowest BCUT2D eigenvalue weighted by Crippen LogP contribution is -1.91. The van der Waals surface area contributed by atoms with E-state index in [9.17, 15) is 4.39 Å². The zero-order valence-corrected chi connectivity index (χ0v) is 9.54. The standard InChI is InChI=1S/C9H12ClFN2S/c1-2-3-4-5-14-8-7(11)6-12-9(10)13-8/h6H,2-5H2,1H3. The SMILES string of the molecule is CCCCCSc1nc(Cl)ncc1F. The number of unbranched alkanes of at least 4 members (excludes halogenated alkanes) is 2.